The van der Waals surface area contributed by atoms with Crippen molar-refractivity contribution in [2.45, 2.75) is 25.3 Å². The zero-order chi connectivity index (χ0) is 11.4. The van der Waals surface area contributed by atoms with Gasteiger partial charge in [0.15, 0.2) is 0 Å². The lowest BCUT2D eigenvalue weighted by Gasteiger charge is -2.34. The molecule has 2 heterocycles. The maximum absolute atomic E-state index is 11.9. The SMILES string of the molecule is CN1CCN(NC(=O)C2CCCCN2)CC1. The molecule has 1 unspecified atom stereocenters. The van der Waals surface area contributed by atoms with Crippen LogP contribution in [0.15, 0.2) is 0 Å². The number of amides is 1. The van der Waals surface area contributed by atoms with Crippen molar-refractivity contribution >= 4 is 5.91 Å². The molecule has 92 valence electrons. The quantitative estimate of drug-likeness (QED) is 0.660. The molecule has 5 heteroatoms. The summed E-state index contributed by atoms with van der Waals surface area (Å²) in [5.74, 6) is 0.143. The van der Waals surface area contributed by atoms with E-state index in [4.69, 9.17) is 0 Å². The molecule has 2 fully saturated rings. The summed E-state index contributed by atoms with van der Waals surface area (Å²) in [5, 5.41) is 5.31. The lowest BCUT2D eigenvalue weighted by Crippen LogP contribution is -2.57. The minimum Gasteiger partial charge on any atom is -0.306 e. The van der Waals surface area contributed by atoms with Crippen LogP contribution in [0.5, 0.6) is 0 Å². The number of nitrogens with one attached hydrogen (secondary N) is 2. The van der Waals surface area contributed by atoms with Crippen molar-refractivity contribution in [2.24, 2.45) is 0 Å². The Morgan fingerprint density at radius 1 is 1.25 bits per heavy atom. The van der Waals surface area contributed by atoms with E-state index >= 15 is 0 Å². The van der Waals surface area contributed by atoms with Gasteiger partial charge in [-0.3, -0.25) is 10.2 Å². The van der Waals surface area contributed by atoms with Crippen molar-refractivity contribution in [1.82, 2.24) is 20.7 Å². The van der Waals surface area contributed by atoms with Crippen molar-refractivity contribution < 1.29 is 4.79 Å². The van der Waals surface area contributed by atoms with E-state index in [1.807, 2.05) is 5.01 Å². The van der Waals surface area contributed by atoms with Gasteiger partial charge in [-0.2, -0.15) is 0 Å². The van der Waals surface area contributed by atoms with Crippen molar-refractivity contribution in [3.8, 4) is 0 Å². The van der Waals surface area contributed by atoms with E-state index < -0.39 is 0 Å². The van der Waals surface area contributed by atoms with E-state index in [1.54, 1.807) is 0 Å². The number of hydrogen-bond acceptors (Lipinski definition) is 4. The molecular formula is C11H22N4O. The predicted molar refractivity (Wildman–Crippen MR) is 62.9 cm³/mol. The summed E-state index contributed by atoms with van der Waals surface area (Å²) in [6, 6.07) is 0.0217. The third-order valence-corrected chi connectivity index (χ3v) is 3.40. The Labute approximate surface area is 97.1 Å². The first-order valence-electron chi connectivity index (χ1n) is 6.23. The molecule has 2 rings (SSSR count). The Morgan fingerprint density at radius 2 is 2.00 bits per heavy atom. The second kappa shape index (κ2) is 5.61. The molecule has 0 spiro atoms. The first kappa shape index (κ1) is 11.8. The number of carbonyl (C=O) groups excluding carboxylic acids is 1. The normalized spacial score (nSPS) is 28.9. The minimum absolute atomic E-state index is 0.0217. The van der Waals surface area contributed by atoms with Crippen molar-refractivity contribution in [3.63, 3.8) is 0 Å². The third kappa shape index (κ3) is 3.17. The van der Waals surface area contributed by atoms with E-state index in [0.717, 1.165) is 45.6 Å². The van der Waals surface area contributed by atoms with Gasteiger partial charge >= 0.3 is 0 Å². The van der Waals surface area contributed by atoms with Crippen LogP contribution < -0.4 is 10.7 Å². The number of likely N-dealkylation sites (N-methyl/N-ethyl adjacent to an activating group) is 1. The smallest absolute Gasteiger partial charge is 0.251 e. The molecule has 0 aliphatic carbocycles. The summed E-state index contributed by atoms with van der Waals surface area (Å²) < 4.78 is 0. The van der Waals surface area contributed by atoms with Gasteiger partial charge in [0.25, 0.3) is 5.91 Å². The van der Waals surface area contributed by atoms with Crippen LogP contribution in [0.2, 0.25) is 0 Å². The van der Waals surface area contributed by atoms with Crippen LogP contribution >= 0.6 is 0 Å². The highest BCUT2D eigenvalue weighted by Crippen LogP contribution is 2.07. The Bertz CT molecular complexity index is 232. The van der Waals surface area contributed by atoms with Gasteiger partial charge in [-0.1, -0.05) is 6.42 Å². The molecule has 0 aromatic carbocycles. The number of hydrazine groups is 1. The predicted octanol–water partition coefficient (Wildman–Crippen LogP) is -0.593. The minimum atomic E-state index is 0.0217. The van der Waals surface area contributed by atoms with Gasteiger partial charge in [-0.15, -0.1) is 0 Å². The molecule has 2 N–H and O–H groups in total. The van der Waals surface area contributed by atoms with E-state index in [1.165, 1.54) is 6.42 Å². The second-order valence-electron chi connectivity index (χ2n) is 4.77. The summed E-state index contributed by atoms with van der Waals surface area (Å²) in [6.45, 7) is 4.88. The maximum Gasteiger partial charge on any atom is 0.251 e. The summed E-state index contributed by atoms with van der Waals surface area (Å²) in [6.07, 6.45) is 3.33. The van der Waals surface area contributed by atoms with Gasteiger partial charge < -0.3 is 10.2 Å². The first-order chi connectivity index (χ1) is 7.75. The molecule has 2 aliphatic rings. The fourth-order valence-corrected chi connectivity index (χ4v) is 2.23. The molecule has 0 aromatic heterocycles. The fourth-order valence-electron chi connectivity index (χ4n) is 2.23. The standard InChI is InChI=1S/C11H22N4O/c1-14-6-8-15(9-7-14)13-11(16)10-4-2-3-5-12-10/h10,12H,2-9H2,1H3,(H,13,16). The van der Waals surface area contributed by atoms with E-state index in [2.05, 4.69) is 22.7 Å². The highest BCUT2D eigenvalue weighted by atomic mass is 16.2. The first-order valence-corrected chi connectivity index (χ1v) is 6.23. The Morgan fingerprint density at radius 3 is 2.62 bits per heavy atom. The lowest BCUT2D eigenvalue weighted by atomic mass is 10.0. The molecule has 0 radical (unpaired) electrons. The van der Waals surface area contributed by atoms with Gasteiger partial charge in [0.2, 0.25) is 0 Å². The van der Waals surface area contributed by atoms with Crippen LogP contribution in [-0.2, 0) is 4.79 Å². The van der Waals surface area contributed by atoms with Gasteiger partial charge in [0.05, 0.1) is 6.04 Å². The van der Waals surface area contributed by atoms with Crippen LogP contribution in [-0.4, -0.2) is 61.6 Å². The third-order valence-electron chi connectivity index (χ3n) is 3.40. The van der Waals surface area contributed by atoms with Crippen molar-refractivity contribution in [1.29, 1.82) is 0 Å². The summed E-state index contributed by atoms with van der Waals surface area (Å²) in [5.41, 5.74) is 3.01. The highest BCUT2D eigenvalue weighted by Gasteiger charge is 2.23. The van der Waals surface area contributed by atoms with E-state index in [0.29, 0.717) is 0 Å². The topological polar surface area (TPSA) is 47.6 Å². The summed E-state index contributed by atoms with van der Waals surface area (Å²) in [4.78, 5) is 14.2. The monoisotopic (exact) mass is 226 g/mol. The molecule has 0 aromatic rings. The highest BCUT2D eigenvalue weighted by molar-refractivity contribution is 5.81. The number of carbonyl (C=O) groups is 1. The molecule has 0 bridgehead atoms. The van der Waals surface area contributed by atoms with Crippen LogP contribution in [0, 0.1) is 0 Å². The van der Waals surface area contributed by atoms with Crippen molar-refractivity contribution in [2.75, 3.05) is 39.8 Å². The molecule has 1 atom stereocenters. The maximum atomic E-state index is 11.9. The Kier molecular flexibility index (Phi) is 4.15. The Hall–Kier alpha value is -0.650. The number of rotatable bonds is 2. The molecule has 16 heavy (non-hydrogen) atoms. The number of nitrogens with zero attached hydrogens (tertiary/aromatic N) is 2. The summed E-state index contributed by atoms with van der Waals surface area (Å²) >= 11 is 0. The summed E-state index contributed by atoms with van der Waals surface area (Å²) in [7, 11) is 2.11. The van der Waals surface area contributed by atoms with Gasteiger partial charge in [-0.05, 0) is 26.4 Å². The molecular weight excluding hydrogens is 204 g/mol. The zero-order valence-electron chi connectivity index (χ0n) is 10.0. The van der Waals surface area contributed by atoms with Gasteiger partial charge in [-0.25, -0.2) is 5.01 Å². The molecule has 0 saturated carbocycles. The van der Waals surface area contributed by atoms with E-state index in [-0.39, 0.29) is 11.9 Å². The van der Waals surface area contributed by atoms with Crippen molar-refractivity contribution in [3.05, 3.63) is 0 Å². The molecule has 1 amide bonds. The van der Waals surface area contributed by atoms with Crippen LogP contribution in [0.25, 0.3) is 0 Å². The largest absolute Gasteiger partial charge is 0.306 e. The lowest BCUT2D eigenvalue weighted by molar-refractivity contribution is -0.129. The molecule has 2 aliphatic heterocycles. The zero-order valence-corrected chi connectivity index (χ0v) is 10.0. The second-order valence-corrected chi connectivity index (χ2v) is 4.77. The molecule has 5 nitrogen and oxygen atoms in total. The molecule has 2 saturated heterocycles. The average molecular weight is 226 g/mol. The number of piperidine rings is 1. The number of hydrogen-bond donors (Lipinski definition) is 2. The van der Waals surface area contributed by atoms with Crippen LogP contribution in [0.3, 0.4) is 0 Å². The van der Waals surface area contributed by atoms with Gasteiger partial charge in [0.1, 0.15) is 0 Å². The Balaban J connectivity index is 1.73. The fraction of sp³-hybridized carbons (Fsp3) is 0.909. The number of piperazine rings is 1. The average Bonchev–Trinajstić information content (AvgIpc) is 2.33. The van der Waals surface area contributed by atoms with Gasteiger partial charge in [0, 0.05) is 26.2 Å². The van der Waals surface area contributed by atoms with Crippen LogP contribution in [0.1, 0.15) is 19.3 Å². The van der Waals surface area contributed by atoms with E-state index in [9.17, 15) is 4.79 Å². The van der Waals surface area contributed by atoms with Crippen LogP contribution in [0.4, 0.5) is 0 Å².